The molecule has 1 heterocycles. The molecule has 0 aliphatic carbocycles. The van der Waals surface area contributed by atoms with E-state index in [2.05, 4.69) is 0 Å². The second-order valence-corrected chi connectivity index (χ2v) is 4.11. The van der Waals surface area contributed by atoms with Crippen LogP contribution in [0.25, 0.3) is 0 Å². The number of hydroxylamine groups is 2. The van der Waals surface area contributed by atoms with Crippen molar-refractivity contribution < 1.29 is 23.8 Å². The predicted molar refractivity (Wildman–Crippen MR) is 63.8 cm³/mol. The summed E-state index contributed by atoms with van der Waals surface area (Å²) in [5, 5.41) is 1.23. The molecule has 0 bridgehead atoms. The number of hydrogen-bond donors (Lipinski definition) is 0. The van der Waals surface area contributed by atoms with Gasteiger partial charge in [0.1, 0.15) is 6.73 Å². The van der Waals surface area contributed by atoms with Gasteiger partial charge in [0.05, 0.1) is 46.2 Å². The summed E-state index contributed by atoms with van der Waals surface area (Å²) in [4.78, 5) is 19.0. The molecule has 18 heavy (non-hydrogen) atoms. The van der Waals surface area contributed by atoms with Gasteiger partial charge in [-0.1, -0.05) is 0 Å². The first-order valence-electron chi connectivity index (χ1n) is 6.01. The van der Waals surface area contributed by atoms with E-state index in [1.165, 1.54) is 5.06 Å². The molecule has 0 aromatic rings. The van der Waals surface area contributed by atoms with Gasteiger partial charge in [-0.25, -0.2) is 0 Å². The molecule has 0 N–H and O–H groups in total. The third-order valence-electron chi connectivity index (χ3n) is 2.16. The first-order valence-corrected chi connectivity index (χ1v) is 6.01. The van der Waals surface area contributed by atoms with Crippen LogP contribution in [0.2, 0.25) is 0 Å². The SMILES string of the molecule is CN(C)CC(=O)N1COCCOCCOCCO1. The Labute approximate surface area is 107 Å². The molecule has 0 atom stereocenters. The average Bonchev–Trinajstić information content (AvgIpc) is 2.28. The fourth-order valence-corrected chi connectivity index (χ4v) is 1.32. The second kappa shape index (κ2) is 9.23. The highest BCUT2D eigenvalue weighted by Crippen LogP contribution is 1.96. The van der Waals surface area contributed by atoms with Gasteiger partial charge >= 0.3 is 0 Å². The fourth-order valence-electron chi connectivity index (χ4n) is 1.32. The van der Waals surface area contributed by atoms with Crippen LogP contribution in [-0.2, 0) is 23.8 Å². The van der Waals surface area contributed by atoms with E-state index in [9.17, 15) is 4.79 Å². The molecule has 0 aromatic heterocycles. The minimum atomic E-state index is -0.141. The topological polar surface area (TPSA) is 60.5 Å². The van der Waals surface area contributed by atoms with Gasteiger partial charge in [-0.3, -0.25) is 9.63 Å². The monoisotopic (exact) mass is 262 g/mol. The Balaban J connectivity index is 2.38. The molecule has 1 aliphatic heterocycles. The van der Waals surface area contributed by atoms with E-state index in [0.717, 1.165) is 0 Å². The lowest BCUT2D eigenvalue weighted by molar-refractivity contribution is -0.221. The zero-order chi connectivity index (χ0) is 13.2. The molecule has 0 radical (unpaired) electrons. The minimum Gasteiger partial charge on any atom is -0.377 e. The summed E-state index contributed by atoms with van der Waals surface area (Å²) >= 11 is 0. The van der Waals surface area contributed by atoms with Crippen molar-refractivity contribution in [3.63, 3.8) is 0 Å². The lowest BCUT2D eigenvalue weighted by Gasteiger charge is -2.23. The average molecular weight is 262 g/mol. The molecule has 7 heteroatoms. The Bertz CT molecular complexity index is 225. The summed E-state index contributed by atoms with van der Waals surface area (Å²) in [6, 6.07) is 0. The van der Waals surface area contributed by atoms with E-state index in [1.54, 1.807) is 4.90 Å². The van der Waals surface area contributed by atoms with Crippen LogP contribution in [0.5, 0.6) is 0 Å². The largest absolute Gasteiger partial charge is 0.377 e. The van der Waals surface area contributed by atoms with Gasteiger partial charge < -0.3 is 19.1 Å². The lowest BCUT2D eigenvalue weighted by Crippen LogP contribution is -2.40. The molecule has 106 valence electrons. The number of hydrogen-bond acceptors (Lipinski definition) is 6. The zero-order valence-electron chi connectivity index (χ0n) is 11.1. The van der Waals surface area contributed by atoms with Crippen LogP contribution >= 0.6 is 0 Å². The Morgan fingerprint density at radius 3 is 2.17 bits per heavy atom. The van der Waals surface area contributed by atoms with Crippen molar-refractivity contribution in [3.8, 4) is 0 Å². The molecule has 7 nitrogen and oxygen atoms in total. The summed E-state index contributed by atoms with van der Waals surface area (Å²) in [5.41, 5.74) is 0. The number of likely N-dealkylation sites (N-methyl/N-ethyl adjacent to an activating group) is 1. The minimum absolute atomic E-state index is 0.107. The molecule has 1 aliphatic rings. The molecule has 1 fully saturated rings. The lowest BCUT2D eigenvalue weighted by atomic mass is 10.5. The van der Waals surface area contributed by atoms with Gasteiger partial charge in [0, 0.05) is 0 Å². The molecule has 1 saturated heterocycles. The quantitative estimate of drug-likeness (QED) is 0.658. The summed E-state index contributed by atoms with van der Waals surface area (Å²) < 4.78 is 15.9. The van der Waals surface area contributed by atoms with Crippen molar-refractivity contribution >= 4 is 5.91 Å². The van der Waals surface area contributed by atoms with Gasteiger partial charge in [-0.05, 0) is 14.1 Å². The van der Waals surface area contributed by atoms with Gasteiger partial charge in [0.2, 0.25) is 0 Å². The van der Waals surface area contributed by atoms with Crippen molar-refractivity contribution in [2.45, 2.75) is 0 Å². The highest BCUT2D eigenvalue weighted by Gasteiger charge is 2.15. The Kier molecular flexibility index (Phi) is 7.86. The molecule has 0 saturated carbocycles. The highest BCUT2D eigenvalue weighted by atomic mass is 16.7. The van der Waals surface area contributed by atoms with Crippen molar-refractivity contribution in [1.29, 1.82) is 0 Å². The second-order valence-electron chi connectivity index (χ2n) is 4.11. The predicted octanol–water partition coefficient (Wildman–Crippen LogP) is -0.671. The normalized spacial score (nSPS) is 20.3. The Morgan fingerprint density at radius 1 is 1.00 bits per heavy atom. The third-order valence-corrected chi connectivity index (χ3v) is 2.16. The van der Waals surface area contributed by atoms with Gasteiger partial charge in [-0.2, -0.15) is 5.06 Å². The number of nitrogens with zero attached hydrogens (tertiary/aromatic N) is 2. The molecule has 1 amide bonds. The van der Waals surface area contributed by atoms with Crippen LogP contribution in [0.1, 0.15) is 0 Å². The van der Waals surface area contributed by atoms with Crippen molar-refractivity contribution in [2.75, 3.05) is 67.0 Å². The molecular formula is C11H22N2O5. The van der Waals surface area contributed by atoms with Crippen molar-refractivity contribution in [2.24, 2.45) is 0 Å². The first-order chi connectivity index (χ1) is 8.70. The highest BCUT2D eigenvalue weighted by molar-refractivity contribution is 5.77. The van der Waals surface area contributed by atoms with Crippen LogP contribution in [0.4, 0.5) is 0 Å². The maximum absolute atomic E-state index is 11.8. The van der Waals surface area contributed by atoms with Crippen LogP contribution in [-0.4, -0.2) is 82.9 Å². The van der Waals surface area contributed by atoms with Crippen LogP contribution < -0.4 is 0 Å². The summed E-state index contributed by atoms with van der Waals surface area (Å²) in [6.45, 7) is 3.12. The van der Waals surface area contributed by atoms with E-state index in [0.29, 0.717) is 39.6 Å². The van der Waals surface area contributed by atoms with E-state index in [-0.39, 0.29) is 19.2 Å². The van der Waals surface area contributed by atoms with Crippen LogP contribution in [0.3, 0.4) is 0 Å². The van der Waals surface area contributed by atoms with Crippen LogP contribution in [0.15, 0.2) is 0 Å². The van der Waals surface area contributed by atoms with E-state index in [4.69, 9.17) is 19.0 Å². The summed E-state index contributed by atoms with van der Waals surface area (Å²) in [5.74, 6) is -0.141. The van der Waals surface area contributed by atoms with Gasteiger partial charge in [0.15, 0.2) is 0 Å². The summed E-state index contributed by atoms with van der Waals surface area (Å²) in [7, 11) is 3.65. The van der Waals surface area contributed by atoms with Crippen molar-refractivity contribution in [1.82, 2.24) is 9.96 Å². The number of rotatable bonds is 2. The van der Waals surface area contributed by atoms with Crippen LogP contribution in [0, 0.1) is 0 Å². The maximum Gasteiger partial charge on any atom is 0.262 e. The number of carbonyl (C=O) groups is 1. The Hall–Kier alpha value is -0.730. The van der Waals surface area contributed by atoms with E-state index < -0.39 is 0 Å². The number of carbonyl (C=O) groups excluding carboxylic acids is 1. The number of ether oxygens (including phenoxy) is 3. The van der Waals surface area contributed by atoms with E-state index in [1.807, 2.05) is 14.1 Å². The van der Waals surface area contributed by atoms with E-state index >= 15 is 0 Å². The molecule has 0 spiro atoms. The first kappa shape index (κ1) is 15.3. The van der Waals surface area contributed by atoms with Crippen molar-refractivity contribution in [3.05, 3.63) is 0 Å². The number of amides is 1. The van der Waals surface area contributed by atoms with Gasteiger partial charge in [0.25, 0.3) is 5.91 Å². The Morgan fingerprint density at radius 2 is 1.56 bits per heavy atom. The molecular weight excluding hydrogens is 240 g/mol. The smallest absolute Gasteiger partial charge is 0.262 e. The standard InChI is InChI=1S/C11H22N2O5/c1-12(2)9-11(14)13-10-17-6-5-15-3-4-16-7-8-18-13/h3-10H2,1-2H3. The fraction of sp³-hybridized carbons (Fsp3) is 0.909. The maximum atomic E-state index is 11.8. The van der Waals surface area contributed by atoms with Gasteiger partial charge in [-0.15, -0.1) is 0 Å². The molecule has 0 unspecified atom stereocenters. The third kappa shape index (κ3) is 6.87. The summed E-state index contributed by atoms with van der Waals surface area (Å²) in [6.07, 6.45) is 0. The zero-order valence-corrected chi connectivity index (χ0v) is 11.1. The molecule has 0 aromatic carbocycles. The molecule has 1 rings (SSSR count).